The fourth-order valence-electron chi connectivity index (χ4n) is 5.60. The van der Waals surface area contributed by atoms with E-state index in [0.717, 1.165) is 6.08 Å². The van der Waals surface area contributed by atoms with Gasteiger partial charge < -0.3 is 35.7 Å². The van der Waals surface area contributed by atoms with E-state index in [4.69, 9.17) is 19.9 Å². The first-order valence-electron chi connectivity index (χ1n) is 15.3. The van der Waals surface area contributed by atoms with Crippen LogP contribution in [0, 0.1) is 17.7 Å². The molecule has 11 nitrogen and oxygen atoms in total. The normalized spacial score (nSPS) is 29.5. The summed E-state index contributed by atoms with van der Waals surface area (Å²) in [5, 5.41) is 16.8. The summed E-state index contributed by atoms with van der Waals surface area (Å²) in [7, 11) is 2.88. The van der Waals surface area contributed by atoms with E-state index in [1.165, 1.54) is 39.4 Å². The molecule has 0 fully saturated rings. The van der Waals surface area contributed by atoms with Crippen LogP contribution in [0.15, 0.2) is 82.8 Å². The molecule has 0 unspecified atom stereocenters. The summed E-state index contributed by atoms with van der Waals surface area (Å²) < 4.78 is 31.0. The second-order valence-corrected chi connectivity index (χ2v) is 11.9. The number of nitrogens with one attached hydrogen (secondary N) is 2. The molecule has 12 heteroatoms. The largest absolute Gasteiger partial charge is 0.439 e. The Bertz CT molecular complexity index is 1510. The maximum Gasteiger partial charge on any atom is 0.405 e. The number of carbonyl (C=O) groups excluding carboxylic acids is 4. The highest BCUT2D eigenvalue weighted by Crippen LogP contribution is 2.29. The lowest BCUT2D eigenvalue weighted by molar-refractivity contribution is -0.120. The summed E-state index contributed by atoms with van der Waals surface area (Å²) in [4.78, 5) is 52.1. The summed E-state index contributed by atoms with van der Waals surface area (Å²) in [5.74, 6) is -2.98. The maximum atomic E-state index is 14.4. The molecule has 0 saturated heterocycles. The van der Waals surface area contributed by atoms with Crippen LogP contribution in [-0.4, -0.2) is 67.3 Å². The van der Waals surface area contributed by atoms with Crippen molar-refractivity contribution in [2.75, 3.05) is 14.2 Å². The van der Waals surface area contributed by atoms with Crippen molar-refractivity contribution < 1.29 is 42.9 Å². The average Bonchev–Trinajstić information content (AvgIpc) is 3.02. The monoisotopic (exact) mass is 653 g/mol. The molecule has 6 atom stereocenters. The molecular weight excluding hydrogens is 609 g/mol. The van der Waals surface area contributed by atoms with Gasteiger partial charge in [-0.2, -0.15) is 0 Å². The number of hydrogen-bond donors (Lipinski definition) is 4. The molecule has 1 aromatic carbocycles. The SMILES string of the molecule is CO[C@H]1/C=C\C=C(/C)C(=O)NC2=CC(=O)C(NCc3ccccc3F)=C(C[C@@H](C)C[C@H](OC)[C@H](O)[C@@H](C)/C=C(\C)[C@@H]1OC(N)=O)C2=O. The number of fused-ring (bicyclic) bond motifs is 2. The van der Waals surface area contributed by atoms with E-state index in [-0.39, 0.29) is 41.4 Å². The number of nitrogens with two attached hydrogens (primary N) is 1. The van der Waals surface area contributed by atoms with Crippen molar-refractivity contribution in [3.05, 3.63) is 94.1 Å². The topological polar surface area (TPSA) is 166 Å². The zero-order chi connectivity index (χ0) is 34.8. The molecule has 1 heterocycles. The number of ether oxygens (including phenoxy) is 3. The van der Waals surface area contributed by atoms with E-state index < -0.39 is 59.7 Å². The first kappa shape index (κ1) is 37.1. The van der Waals surface area contributed by atoms with Crippen LogP contribution >= 0.6 is 0 Å². The van der Waals surface area contributed by atoms with Crippen molar-refractivity contribution in [2.24, 2.45) is 17.6 Å². The summed E-state index contributed by atoms with van der Waals surface area (Å²) in [5.41, 5.74) is 6.36. The Balaban J connectivity index is 2.07. The van der Waals surface area contributed by atoms with Gasteiger partial charge >= 0.3 is 6.09 Å². The molecule has 0 saturated carbocycles. The van der Waals surface area contributed by atoms with Crippen LogP contribution in [0.25, 0.3) is 0 Å². The van der Waals surface area contributed by atoms with Crippen LogP contribution in [-0.2, 0) is 35.1 Å². The predicted octanol–water partition coefficient (Wildman–Crippen LogP) is 3.69. The molecule has 254 valence electrons. The third-order valence-electron chi connectivity index (χ3n) is 8.21. The Morgan fingerprint density at radius 1 is 1.13 bits per heavy atom. The molecule has 2 aliphatic rings. The number of benzene rings is 1. The standard InChI is InChI=1S/C35H44FN3O8/c1-19-14-24-30(38-18-23-11-7-8-12-25(23)36)27(40)17-26(32(24)42)39-34(43)20(2)10-9-13-28(45-5)33(47-35(37)44)22(4)16-21(3)31(41)29(15-19)46-6/h7-13,16-17,19,21,28-29,31,33,38,41H,14-15,18H2,1-6H3,(H2,37,44)(H,39,43)/b13-9-,20-10+,22-16+/t19-,21+,28+,29+,31-,33+/m1/s1. The molecule has 0 radical (unpaired) electrons. The summed E-state index contributed by atoms with van der Waals surface area (Å²) >= 11 is 0. The molecule has 1 aromatic rings. The Morgan fingerprint density at radius 2 is 1.83 bits per heavy atom. The van der Waals surface area contributed by atoms with Crippen LogP contribution in [0.1, 0.15) is 46.1 Å². The van der Waals surface area contributed by atoms with Gasteiger partial charge in [0, 0.05) is 49.5 Å². The Hall–Kier alpha value is -4.39. The minimum atomic E-state index is -1.02. The highest BCUT2D eigenvalue weighted by Gasteiger charge is 2.33. The number of methoxy groups -OCH3 is 2. The number of amides is 2. The van der Waals surface area contributed by atoms with Gasteiger partial charge in [0.25, 0.3) is 5.91 Å². The number of aliphatic hydroxyl groups is 1. The highest BCUT2D eigenvalue weighted by molar-refractivity contribution is 6.23. The molecular formula is C35H44FN3O8. The molecule has 0 spiro atoms. The third-order valence-corrected chi connectivity index (χ3v) is 8.21. The van der Waals surface area contributed by atoms with E-state index in [9.17, 15) is 28.7 Å². The quantitative estimate of drug-likeness (QED) is 0.265. The zero-order valence-corrected chi connectivity index (χ0v) is 27.5. The lowest BCUT2D eigenvalue weighted by Crippen LogP contribution is -2.37. The van der Waals surface area contributed by atoms with Crippen molar-refractivity contribution in [1.29, 1.82) is 0 Å². The van der Waals surface area contributed by atoms with Gasteiger partial charge in [-0.15, -0.1) is 0 Å². The smallest absolute Gasteiger partial charge is 0.405 e. The summed E-state index contributed by atoms with van der Waals surface area (Å²) in [6.07, 6.45) is 3.28. The van der Waals surface area contributed by atoms with Gasteiger partial charge in [0.2, 0.25) is 11.6 Å². The second kappa shape index (κ2) is 17.0. The molecule has 2 bridgehead atoms. The predicted molar refractivity (Wildman–Crippen MR) is 173 cm³/mol. The average molecular weight is 654 g/mol. The number of Topliss-reactive ketones (excluding diaryl/α,β-unsaturated/α-hetero) is 1. The third kappa shape index (κ3) is 9.80. The van der Waals surface area contributed by atoms with Crippen LogP contribution in [0.4, 0.5) is 9.18 Å². The van der Waals surface area contributed by atoms with Crippen molar-refractivity contribution in [3.8, 4) is 0 Å². The van der Waals surface area contributed by atoms with Crippen LogP contribution < -0.4 is 16.4 Å². The lowest BCUT2D eigenvalue weighted by Gasteiger charge is -2.30. The van der Waals surface area contributed by atoms with Crippen molar-refractivity contribution in [1.82, 2.24) is 10.6 Å². The Kier molecular flexibility index (Phi) is 13.4. The molecule has 1 aliphatic carbocycles. The first-order valence-corrected chi connectivity index (χ1v) is 15.3. The number of hydrogen-bond acceptors (Lipinski definition) is 9. The van der Waals surface area contributed by atoms with E-state index in [1.807, 2.05) is 6.92 Å². The fraction of sp³-hybridized carbons (Fsp3) is 0.429. The zero-order valence-electron chi connectivity index (χ0n) is 27.5. The summed E-state index contributed by atoms with van der Waals surface area (Å²) in [6.45, 7) is 6.83. The minimum Gasteiger partial charge on any atom is -0.439 e. The van der Waals surface area contributed by atoms with Gasteiger partial charge in [-0.25, -0.2) is 9.18 Å². The van der Waals surface area contributed by atoms with E-state index in [1.54, 1.807) is 44.2 Å². The first-order chi connectivity index (χ1) is 22.3. The van der Waals surface area contributed by atoms with E-state index >= 15 is 0 Å². The maximum absolute atomic E-state index is 14.4. The fourth-order valence-corrected chi connectivity index (χ4v) is 5.60. The molecule has 0 aromatic heterocycles. The lowest BCUT2D eigenvalue weighted by atomic mass is 9.85. The van der Waals surface area contributed by atoms with Gasteiger partial charge in [-0.05, 0) is 44.2 Å². The van der Waals surface area contributed by atoms with Crippen molar-refractivity contribution in [2.45, 2.75) is 71.5 Å². The van der Waals surface area contributed by atoms with Crippen molar-refractivity contribution >= 4 is 23.6 Å². The number of primary amides is 1. The van der Waals surface area contributed by atoms with Crippen LogP contribution in [0.5, 0.6) is 0 Å². The number of rotatable bonds is 6. The summed E-state index contributed by atoms with van der Waals surface area (Å²) in [6, 6.07) is 6.09. The van der Waals surface area contributed by atoms with Crippen molar-refractivity contribution in [3.63, 3.8) is 0 Å². The Labute approximate surface area is 274 Å². The number of ketones is 2. The van der Waals surface area contributed by atoms with Gasteiger partial charge in [0.1, 0.15) is 11.9 Å². The Morgan fingerprint density at radius 3 is 2.47 bits per heavy atom. The van der Waals surface area contributed by atoms with E-state index in [0.29, 0.717) is 17.6 Å². The van der Waals surface area contributed by atoms with E-state index in [2.05, 4.69) is 10.6 Å². The van der Waals surface area contributed by atoms with Gasteiger partial charge in [0.15, 0.2) is 6.10 Å². The number of halogens is 1. The molecule has 3 rings (SSSR count). The molecule has 1 aliphatic heterocycles. The van der Waals surface area contributed by atoms with Gasteiger partial charge in [-0.1, -0.05) is 56.4 Å². The van der Waals surface area contributed by atoms with Crippen LogP contribution in [0.2, 0.25) is 0 Å². The second-order valence-electron chi connectivity index (χ2n) is 11.9. The van der Waals surface area contributed by atoms with Gasteiger partial charge in [0.05, 0.1) is 23.6 Å². The minimum absolute atomic E-state index is 0.0109. The number of aliphatic hydroxyl groups excluding tert-OH is 1. The van der Waals surface area contributed by atoms with Crippen LogP contribution in [0.3, 0.4) is 0 Å². The molecule has 2 amide bonds. The molecule has 5 N–H and O–H groups in total. The highest BCUT2D eigenvalue weighted by atomic mass is 19.1. The molecule has 47 heavy (non-hydrogen) atoms. The van der Waals surface area contributed by atoms with Gasteiger partial charge in [-0.3, -0.25) is 14.4 Å². The number of allylic oxidation sites excluding steroid dienone is 4. The number of carbonyl (C=O) groups is 4.